The Bertz CT molecular complexity index is 704. The van der Waals surface area contributed by atoms with Crippen molar-refractivity contribution < 1.29 is 14.3 Å². The van der Waals surface area contributed by atoms with E-state index in [9.17, 15) is 9.59 Å². The second kappa shape index (κ2) is 8.33. The van der Waals surface area contributed by atoms with Crippen molar-refractivity contribution in [2.45, 2.75) is 6.92 Å². The van der Waals surface area contributed by atoms with Gasteiger partial charge >= 0.3 is 0 Å². The summed E-state index contributed by atoms with van der Waals surface area (Å²) in [6, 6.07) is 14.2. The van der Waals surface area contributed by atoms with Crippen LogP contribution in [0.25, 0.3) is 0 Å². The molecule has 2 amide bonds. The molecule has 0 fully saturated rings. The van der Waals surface area contributed by atoms with E-state index in [0.717, 1.165) is 4.47 Å². The fourth-order valence-corrected chi connectivity index (χ4v) is 2.29. The lowest BCUT2D eigenvalue weighted by Gasteiger charge is -2.11. The molecule has 2 aromatic rings. The van der Waals surface area contributed by atoms with Crippen LogP contribution in [0.4, 0.5) is 0 Å². The van der Waals surface area contributed by atoms with Gasteiger partial charge in [-0.15, -0.1) is 0 Å². The van der Waals surface area contributed by atoms with E-state index in [-0.39, 0.29) is 18.4 Å². The van der Waals surface area contributed by atoms with Crippen LogP contribution >= 0.6 is 15.9 Å². The Balaban J connectivity index is 2.10. The maximum absolute atomic E-state index is 12.3. The minimum absolute atomic E-state index is 0.0715. The normalized spacial score (nSPS) is 10.0. The van der Waals surface area contributed by atoms with Crippen LogP contribution in [0.2, 0.25) is 0 Å². The van der Waals surface area contributed by atoms with Crippen LogP contribution < -0.4 is 15.4 Å². The summed E-state index contributed by atoms with van der Waals surface area (Å²) < 4.78 is 6.66. The molecule has 23 heavy (non-hydrogen) atoms. The summed E-state index contributed by atoms with van der Waals surface area (Å²) in [4.78, 5) is 23.7. The van der Waals surface area contributed by atoms with Crippen LogP contribution in [-0.2, 0) is 4.79 Å². The minimum atomic E-state index is -0.359. The zero-order valence-electron chi connectivity index (χ0n) is 12.6. The van der Waals surface area contributed by atoms with Crippen molar-refractivity contribution in [3.05, 3.63) is 58.6 Å². The summed E-state index contributed by atoms with van der Waals surface area (Å²) in [5.41, 5.74) is 0.372. The third kappa shape index (κ3) is 5.10. The van der Waals surface area contributed by atoms with E-state index < -0.39 is 0 Å². The number of benzene rings is 2. The van der Waals surface area contributed by atoms with Gasteiger partial charge in [-0.25, -0.2) is 0 Å². The van der Waals surface area contributed by atoms with Crippen molar-refractivity contribution in [1.29, 1.82) is 0 Å². The quantitative estimate of drug-likeness (QED) is 0.813. The van der Waals surface area contributed by atoms with Gasteiger partial charge in [-0.05, 0) is 37.3 Å². The van der Waals surface area contributed by atoms with Crippen LogP contribution in [-0.4, -0.2) is 24.9 Å². The SMILES string of the molecule is CCNC(=O)CNC(=O)c1ccccc1Oc1cccc(Br)c1. The molecule has 120 valence electrons. The van der Waals surface area contributed by atoms with Gasteiger partial charge in [-0.2, -0.15) is 0 Å². The van der Waals surface area contributed by atoms with Gasteiger partial charge in [0.1, 0.15) is 11.5 Å². The van der Waals surface area contributed by atoms with E-state index in [2.05, 4.69) is 26.6 Å². The lowest BCUT2D eigenvalue weighted by molar-refractivity contribution is -0.120. The third-order valence-corrected chi connectivity index (χ3v) is 3.43. The molecule has 0 aliphatic rings. The minimum Gasteiger partial charge on any atom is -0.456 e. The molecule has 0 radical (unpaired) electrons. The van der Waals surface area contributed by atoms with Gasteiger partial charge in [-0.3, -0.25) is 9.59 Å². The van der Waals surface area contributed by atoms with E-state index in [1.54, 1.807) is 30.3 Å². The number of hydrogen-bond acceptors (Lipinski definition) is 3. The first-order valence-corrected chi connectivity index (χ1v) is 7.96. The average molecular weight is 377 g/mol. The van der Waals surface area contributed by atoms with Crippen LogP contribution in [0.1, 0.15) is 17.3 Å². The fraction of sp³-hybridized carbons (Fsp3) is 0.176. The molecule has 0 bridgehead atoms. The molecular weight excluding hydrogens is 360 g/mol. The van der Waals surface area contributed by atoms with Crippen LogP contribution in [0.3, 0.4) is 0 Å². The van der Waals surface area contributed by atoms with E-state index in [1.807, 2.05) is 25.1 Å². The third-order valence-electron chi connectivity index (χ3n) is 2.94. The van der Waals surface area contributed by atoms with Gasteiger partial charge in [0.05, 0.1) is 12.1 Å². The van der Waals surface area contributed by atoms with Gasteiger partial charge in [0.2, 0.25) is 5.91 Å². The van der Waals surface area contributed by atoms with Crippen molar-refractivity contribution in [2.24, 2.45) is 0 Å². The topological polar surface area (TPSA) is 67.4 Å². The molecule has 0 aliphatic heterocycles. The molecule has 0 unspecified atom stereocenters. The molecule has 6 heteroatoms. The molecule has 5 nitrogen and oxygen atoms in total. The Kier molecular flexibility index (Phi) is 6.17. The number of carbonyl (C=O) groups excluding carboxylic acids is 2. The highest BCUT2D eigenvalue weighted by atomic mass is 79.9. The molecule has 2 N–H and O–H groups in total. The Labute approximate surface area is 143 Å². The molecule has 0 aromatic heterocycles. The van der Waals surface area contributed by atoms with E-state index in [4.69, 9.17) is 4.74 Å². The number of rotatable bonds is 6. The van der Waals surface area contributed by atoms with Gasteiger partial charge in [-0.1, -0.05) is 34.1 Å². The first-order valence-electron chi connectivity index (χ1n) is 7.17. The Morgan fingerprint density at radius 2 is 1.87 bits per heavy atom. The monoisotopic (exact) mass is 376 g/mol. The van der Waals surface area contributed by atoms with Gasteiger partial charge in [0.15, 0.2) is 0 Å². The first kappa shape index (κ1) is 17.0. The van der Waals surface area contributed by atoms with Crippen molar-refractivity contribution >= 4 is 27.7 Å². The molecule has 0 saturated heterocycles. The fourth-order valence-electron chi connectivity index (χ4n) is 1.92. The molecule has 2 rings (SSSR count). The maximum atomic E-state index is 12.3. The lowest BCUT2D eigenvalue weighted by atomic mass is 10.2. The van der Waals surface area contributed by atoms with Crippen LogP contribution in [0.5, 0.6) is 11.5 Å². The average Bonchev–Trinajstić information content (AvgIpc) is 2.53. The Morgan fingerprint density at radius 3 is 2.61 bits per heavy atom. The van der Waals surface area contributed by atoms with Crippen molar-refractivity contribution in [3.8, 4) is 11.5 Å². The molecule has 0 heterocycles. The zero-order chi connectivity index (χ0) is 16.7. The number of halogens is 1. The summed E-state index contributed by atoms with van der Waals surface area (Å²) in [5, 5.41) is 5.20. The maximum Gasteiger partial charge on any atom is 0.255 e. The summed E-state index contributed by atoms with van der Waals surface area (Å²) in [6.45, 7) is 2.27. The summed E-state index contributed by atoms with van der Waals surface area (Å²) >= 11 is 3.37. The predicted octanol–water partition coefficient (Wildman–Crippen LogP) is 3.11. The highest BCUT2D eigenvalue weighted by Crippen LogP contribution is 2.27. The number of ether oxygens (including phenoxy) is 1. The highest BCUT2D eigenvalue weighted by molar-refractivity contribution is 9.10. The number of nitrogens with one attached hydrogen (secondary N) is 2. The standard InChI is InChI=1S/C17H17BrN2O3/c1-2-19-16(21)11-20-17(22)14-8-3-4-9-15(14)23-13-7-5-6-12(18)10-13/h3-10H,2,11H2,1H3,(H,19,21)(H,20,22). The number of likely N-dealkylation sites (N-methyl/N-ethyl adjacent to an activating group) is 1. The van der Waals surface area contributed by atoms with Crippen molar-refractivity contribution in [1.82, 2.24) is 10.6 Å². The molecular formula is C17H17BrN2O3. The van der Waals surface area contributed by atoms with E-state index >= 15 is 0 Å². The smallest absolute Gasteiger partial charge is 0.255 e. The molecule has 0 aliphatic carbocycles. The molecule has 0 spiro atoms. The van der Waals surface area contributed by atoms with Crippen molar-refractivity contribution in [3.63, 3.8) is 0 Å². The zero-order valence-corrected chi connectivity index (χ0v) is 14.2. The van der Waals surface area contributed by atoms with Gasteiger partial charge < -0.3 is 15.4 Å². The Morgan fingerprint density at radius 1 is 1.09 bits per heavy atom. The van der Waals surface area contributed by atoms with E-state index in [0.29, 0.717) is 23.6 Å². The van der Waals surface area contributed by atoms with Crippen LogP contribution in [0, 0.1) is 0 Å². The first-order chi connectivity index (χ1) is 11.1. The largest absolute Gasteiger partial charge is 0.456 e. The predicted molar refractivity (Wildman–Crippen MR) is 91.7 cm³/mol. The summed E-state index contributed by atoms with van der Waals surface area (Å²) in [6.07, 6.45) is 0. The molecule has 0 atom stereocenters. The number of hydrogen-bond donors (Lipinski definition) is 2. The number of amides is 2. The lowest BCUT2D eigenvalue weighted by Crippen LogP contribution is -2.36. The van der Waals surface area contributed by atoms with Crippen molar-refractivity contribution in [2.75, 3.05) is 13.1 Å². The number of para-hydroxylation sites is 1. The summed E-state index contributed by atoms with van der Waals surface area (Å²) in [5.74, 6) is 0.454. The number of carbonyl (C=O) groups is 2. The second-order valence-corrected chi connectivity index (χ2v) is 5.61. The highest BCUT2D eigenvalue weighted by Gasteiger charge is 2.13. The summed E-state index contributed by atoms with van der Waals surface area (Å²) in [7, 11) is 0. The van der Waals surface area contributed by atoms with E-state index in [1.165, 1.54) is 0 Å². The molecule has 2 aromatic carbocycles. The van der Waals surface area contributed by atoms with Gasteiger partial charge in [0.25, 0.3) is 5.91 Å². The Hall–Kier alpha value is -2.34. The second-order valence-electron chi connectivity index (χ2n) is 4.69. The van der Waals surface area contributed by atoms with Crippen LogP contribution in [0.15, 0.2) is 53.0 Å². The molecule has 0 saturated carbocycles. The van der Waals surface area contributed by atoms with Gasteiger partial charge in [0, 0.05) is 11.0 Å².